The monoisotopic (exact) mass is 273 g/mol. The number of halogens is 1. The predicted molar refractivity (Wildman–Crippen MR) is 60.6 cm³/mol. The highest BCUT2D eigenvalue weighted by molar-refractivity contribution is 9.09. The smallest absolute Gasteiger partial charge is 0.188 e. The molecular weight excluding hydrogens is 258 g/mol. The normalized spacial score (nSPS) is 28.2. The van der Waals surface area contributed by atoms with Crippen molar-refractivity contribution in [3.8, 4) is 0 Å². The number of rotatable bonds is 2. The largest absolute Gasteiger partial charge is 0.295 e. The number of likely N-dealkylation sites (tertiary alicyclic amines) is 1. The minimum atomic E-state index is 0.656. The van der Waals surface area contributed by atoms with Gasteiger partial charge >= 0.3 is 0 Å². The summed E-state index contributed by atoms with van der Waals surface area (Å²) in [6.45, 7) is 5.31. The number of hydrogen-bond acceptors (Lipinski definition) is 4. The van der Waals surface area contributed by atoms with Gasteiger partial charge in [0.15, 0.2) is 5.82 Å². The molecule has 0 saturated carbocycles. The summed E-state index contributed by atoms with van der Waals surface area (Å²) < 4.78 is 0. The zero-order chi connectivity index (χ0) is 10.8. The fourth-order valence-electron chi connectivity index (χ4n) is 1.93. The molecular formula is C9H16BrN5. The lowest BCUT2D eigenvalue weighted by atomic mass is 10.0. The summed E-state index contributed by atoms with van der Waals surface area (Å²) in [5.41, 5.74) is 0. The van der Waals surface area contributed by atoms with Gasteiger partial charge in [-0.25, -0.2) is 0 Å². The van der Waals surface area contributed by atoms with Crippen LogP contribution in [0.5, 0.6) is 0 Å². The van der Waals surface area contributed by atoms with Crippen LogP contribution in [0.2, 0.25) is 0 Å². The van der Waals surface area contributed by atoms with Crippen molar-refractivity contribution in [1.82, 2.24) is 25.1 Å². The number of hydrogen-bond donors (Lipinski definition) is 0. The van der Waals surface area contributed by atoms with Crippen LogP contribution in [0.25, 0.3) is 0 Å². The zero-order valence-corrected chi connectivity index (χ0v) is 10.7. The Hall–Kier alpha value is -0.490. The second-order valence-corrected chi connectivity index (χ2v) is 5.39. The lowest BCUT2D eigenvalue weighted by molar-refractivity contribution is 0.179. The molecule has 1 aromatic heterocycles. The molecule has 0 aromatic carbocycles. The molecule has 2 unspecified atom stereocenters. The summed E-state index contributed by atoms with van der Waals surface area (Å²) in [7, 11) is 1.80. The third kappa shape index (κ3) is 2.75. The molecule has 2 heterocycles. The van der Waals surface area contributed by atoms with E-state index in [2.05, 4.69) is 43.2 Å². The molecule has 2 atom stereocenters. The highest BCUT2D eigenvalue weighted by Gasteiger charge is 2.24. The second kappa shape index (κ2) is 4.57. The van der Waals surface area contributed by atoms with E-state index in [-0.39, 0.29) is 0 Å². The third-order valence-electron chi connectivity index (χ3n) is 2.80. The van der Waals surface area contributed by atoms with Crippen molar-refractivity contribution in [2.24, 2.45) is 13.0 Å². The van der Waals surface area contributed by atoms with Gasteiger partial charge in [-0.15, -0.1) is 10.2 Å². The molecule has 1 saturated heterocycles. The number of aryl methyl sites for hydroxylation is 1. The van der Waals surface area contributed by atoms with Crippen LogP contribution in [0, 0.1) is 5.92 Å². The molecule has 0 radical (unpaired) electrons. The molecule has 1 aromatic rings. The van der Waals surface area contributed by atoms with E-state index in [1.807, 2.05) is 0 Å². The molecule has 84 valence electrons. The standard InChI is InChI=1S/C9H16BrN5/c1-7-5-15(4-3-8(7)10)6-9-11-13-14(2)12-9/h7-8H,3-6H2,1-2H3. The van der Waals surface area contributed by atoms with Crippen molar-refractivity contribution in [3.05, 3.63) is 5.82 Å². The van der Waals surface area contributed by atoms with Crippen molar-refractivity contribution in [3.63, 3.8) is 0 Å². The average Bonchev–Trinajstić information content (AvgIpc) is 2.58. The van der Waals surface area contributed by atoms with Gasteiger partial charge in [0.25, 0.3) is 0 Å². The lowest BCUT2D eigenvalue weighted by Crippen LogP contribution is -2.39. The van der Waals surface area contributed by atoms with Gasteiger partial charge in [-0.3, -0.25) is 4.90 Å². The Kier molecular flexibility index (Phi) is 3.35. The summed E-state index contributed by atoms with van der Waals surface area (Å²) in [4.78, 5) is 4.55. The van der Waals surface area contributed by atoms with Crippen molar-refractivity contribution >= 4 is 15.9 Å². The summed E-state index contributed by atoms with van der Waals surface area (Å²) >= 11 is 3.70. The van der Waals surface area contributed by atoms with E-state index in [1.165, 1.54) is 11.2 Å². The highest BCUT2D eigenvalue weighted by Crippen LogP contribution is 2.23. The van der Waals surface area contributed by atoms with Crippen LogP contribution in [-0.2, 0) is 13.6 Å². The number of tetrazole rings is 1. The maximum atomic E-state index is 4.19. The van der Waals surface area contributed by atoms with Crippen molar-refractivity contribution < 1.29 is 0 Å². The van der Waals surface area contributed by atoms with Gasteiger partial charge in [-0.1, -0.05) is 22.9 Å². The molecule has 15 heavy (non-hydrogen) atoms. The van der Waals surface area contributed by atoms with Crippen molar-refractivity contribution in [2.45, 2.75) is 24.7 Å². The fraction of sp³-hybridized carbons (Fsp3) is 0.889. The first-order valence-electron chi connectivity index (χ1n) is 5.24. The number of alkyl halides is 1. The van der Waals surface area contributed by atoms with Crippen LogP contribution in [0.3, 0.4) is 0 Å². The van der Waals surface area contributed by atoms with E-state index >= 15 is 0 Å². The van der Waals surface area contributed by atoms with Crippen LogP contribution in [0.1, 0.15) is 19.2 Å². The van der Waals surface area contributed by atoms with E-state index in [9.17, 15) is 0 Å². The molecule has 1 aliphatic heterocycles. The Morgan fingerprint density at radius 3 is 2.93 bits per heavy atom. The van der Waals surface area contributed by atoms with Crippen LogP contribution < -0.4 is 0 Å². The Balaban J connectivity index is 1.90. The maximum Gasteiger partial charge on any atom is 0.188 e. The van der Waals surface area contributed by atoms with Crippen LogP contribution in [0.15, 0.2) is 0 Å². The summed E-state index contributed by atoms with van der Waals surface area (Å²) in [6.07, 6.45) is 1.20. The lowest BCUT2D eigenvalue weighted by Gasteiger charge is -2.33. The topological polar surface area (TPSA) is 46.8 Å². The second-order valence-electron chi connectivity index (χ2n) is 4.21. The molecule has 0 amide bonds. The molecule has 0 bridgehead atoms. The number of piperidine rings is 1. The highest BCUT2D eigenvalue weighted by atomic mass is 79.9. The van der Waals surface area contributed by atoms with E-state index in [1.54, 1.807) is 7.05 Å². The van der Waals surface area contributed by atoms with Gasteiger partial charge in [0.05, 0.1) is 13.6 Å². The van der Waals surface area contributed by atoms with Gasteiger partial charge < -0.3 is 0 Å². The number of aromatic nitrogens is 4. The van der Waals surface area contributed by atoms with E-state index in [4.69, 9.17) is 0 Å². The first kappa shape index (κ1) is 11.0. The van der Waals surface area contributed by atoms with Gasteiger partial charge in [-0.2, -0.15) is 4.80 Å². The van der Waals surface area contributed by atoms with E-state index in [0.29, 0.717) is 10.7 Å². The van der Waals surface area contributed by atoms with Crippen molar-refractivity contribution in [1.29, 1.82) is 0 Å². The van der Waals surface area contributed by atoms with E-state index in [0.717, 1.165) is 25.5 Å². The third-order valence-corrected chi connectivity index (χ3v) is 4.16. The van der Waals surface area contributed by atoms with Crippen LogP contribution in [-0.4, -0.2) is 43.0 Å². The van der Waals surface area contributed by atoms with Gasteiger partial charge in [-0.05, 0) is 24.1 Å². The maximum absolute atomic E-state index is 4.19. The molecule has 1 fully saturated rings. The minimum absolute atomic E-state index is 0.656. The molecule has 0 N–H and O–H groups in total. The SMILES string of the molecule is CC1CN(Cc2nnn(C)n2)CCC1Br. The molecule has 0 spiro atoms. The Labute approximate surface area is 98.0 Å². The fourth-order valence-corrected chi connectivity index (χ4v) is 2.31. The molecule has 1 aliphatic rings. The Morgan fingerprint density at radius 1 is 1.53 bits per heavy atom. The summed E-state index contributed by atoms with van der Waals surface area (Å²) in [6, 6.07) is 0. The quantitative estimate of drug-likeness (QED) is 0.749. The average molecular weight is 274 g/mol. The number of nitrogens with zero attached hydrogens (tertiary/aromatic N) is 5. The van der Waals surface area contributed by atoms with Gasteiger partial charge in [0.1, 0.15) is 0 Å². The van der Waals surface area contributed by atoms with Crippen LogP contribution >= 0.6 is 15.9 Å². The van der Waals surface area contributed by atoms with Crippen molar-refractivity contribution in [2.75, 3.05) is 13.1 Å². The zero-order valence-electron chi connectivity index (χ0n) is 9.10. The molecule has 2 rings (SSSR count). The van der Waals surface area contributed by atoms with E-state index < -0.39 is 0 Å². The summed E-state index contributed by atoms with van der Waals surface area (Å²) in [5, 5.41) is 12.0. The molecule has 6 heteroatoms. The predicted octanol–water partition coefficient (Wildman–Crippen LogP) is 0.815. The summed E-state index contributed by atoms with van der Waals surface area (Å²) in [5.74, 6) is 1.51. The molecule has 5 nitrogen and oxygen atoms in total. The van der Waals surface area contributed by atoms with Crippen LogP contribution in [0.4, 0.5) is 0 Å². The van der Waals surface area contributed by atoms with Gasteiger partial charge in [0, 0.05) is 11.4 Å². The Morgan fingerprint density at radius 2 is 2.33 bits per heavy atom. The molecule has 0 aliphatic carbocycles. The first-order valence-corrected chi connectivity index (χ1v) is 6.16. The Bertz CT molecular complexity index is 326. The van der Waals surface area contributed by atoms with Gasteiger partial charge in [0.2, 0.25) is 0 Å². The first-order chi connectivity index (χ1) is 7.15. The minimum Gasteiger partial charge on any atom is -0.295 e.